The third-order valence-corrected chi connectivity index (χ3v) is 9.22. The van der Waals surface area contributed by atoms with E-state index < -0.39 is 11.5 Å². The molecule has 3 aromatic rings. The minimum atomic E-state index is -1.19. The zero-order chi connectivity index (χ0) is 23.8. The van der Waals surface area contributed by atoms with Gasteiger partial charge in [-0.1, -0.05) is 40.9 Å². The van der Waals surface area contributed by atoms with Crippen LogP contribution in [0.15, 0.2) is 54.7 Å². The summed E-state index contributed by atoms with van der Waals surface area (Å²) in [5, 5.41) is 4.60. The molecule has 4 atom stereocenters. The van der Waals surface area contributed by atoms with E-state index in [-0.39, 0.29) is 23.7 Å². The van der Waals surface area contributed by atoms with Crippen molar-refractivity contribution in [1.29, 1.82) is 0 Å². The SMILES string of the molecule is Cn1cccc1C(=O)C1C(c2ccc(Cl)cc2Cl)C2CSCN2C12C(=O)Nc1ccc(Cl)cc12. The summed E-state index contributed by atoms with van der Waals surface area (Å²) in [6.45, 7) is 0. The van der Waals surface area contributed by atoms with Gasteiger partial charge in [0.15, 0.2) is 5.78 Å². The van der Waals surface area contributed by atoms with Crippen LogP contribution in [0.4, 0.5) is 5.69 Å². The Morgan fingerprint density at radius 2 is 1.88 bits per heavy atom. The van der Waals surface area contributed by atoms with Crippen LogP contribution in [0, 0.1) is 5.92 Å². The molecule has 1 spiro atoms. The van der Waals surface area contributed by atoms with Crippen molar-refractivity contribution in [3.8, 4) is 0 Å². The fraction of sp³-hybridized carbons (Fsp3) is 0.280. The van der Waals surface area contributed by atoms with Crippen LogP contribution in [-0.4, -0.2) is 38.8 Å². The summed E-state index contributed by atoms with van der Waals surface area (Å²) < 4.78 is 1.81. The van der Waals surface area contributed by atoms with Gasteiger partial charge in [-0.05, 0) is 48.0 Å². The predicted octanol–water partition coefficient (Wildman–Crippen LogP) is 5.80. The van der Waals surface area contributed by atoms with Gasteiger partial charge < -0.3 is 9.88 Å². The Kier molecular flexibility index (Phi) is 5.32. The summed E-state index contributed by atoms with van der Waals surface area (Å²) in [7, 11) is 1.84. The molecule has 1 aromatic heterocycles. The number of ketones is 1. The number of anilines is 1. The molecule has 1 amide bonds. The van der Waals surface area contributed by atoms with Gasteiger partial charge in [-0.15, -0.1) is 11.8 Å². The van der Waals surface area contributed by atoms with Crippen molar-refractivity contribution < 1.29 is 9.59 Å². The van der Waals surface area contributed by atoms with Crippen molar-refractivity contribution in [2.45, 2.75) is 17.5 Å². The van der Waals surface area contributed by atoms with Crippen LogP contribution >= 0.6 is 46.6 Å². The molecule has 3 aliphatic rings. The van der Waals surface area contributed by atoms with E-state index in [1.54, 1.807) is 40.6 Å². The highest BCUT2D eigenvalue weighted by molar-refractivity contribution is 7.99. The third-order valence-electron chi connectivity index (χ3n) is 7.38. The van der Waals surface area contributed by atoms with Crippen molar-refractivity contribution >= 4 is 63.9 Å². The minimum Gasteiger partial charge on any atom is -0.348 e. The molecule has 4 unspecified atom stereocenters. The number of rotatable bonds is 3. The lowest BCUT2D eigenvalue weighted by Gasteiger charge is -2.36. The smallest absolute Gasteiger partial charge is 0.250 e. The van der Waals surface area contributed by atoms with Gasteiger partial charge in [-0.25, -0.2) is 0 Å². The van der Waals surface area contributed by atoms with Crippen molar-refractivity contribution in [1.82, 2.24) is 9.47 Å². The number of aromatic nitrogens is 1. The van der Waals surface area contributed by atoms with Gasteiger partial charge in [0.05, 0.1) is 11.6 Å². The van der Waals surface area contributed by atoms with Gasteiger partial charge >= 0.3 is 0 Å². The van der Waals surface area contributed by atoms with Crippen LogP contribution < -0.4 is 5.32 Å². The van der Waals surface area contributed by atoms with Crippen LogP contribution in [0.3, 0.4) is 0 Å². The Hall–Kier alpha value is -1.96. The van der Waals surface area contributed by atoms with Gasteiger partial charge in [0.25, 0.3) is 0 Å². The number of halogens is 3. The summed E-state index contributed by atoms with van der Waals surface area (Å²) in [6, 6.07) is 14.4. The van der Waals surface area contributed by atoms with E-state index in [1.807, 2.05) is 37.5 Å². The molecule has 174 valence electrons. The number of hydrogen-bond acceptors (Lipinski definition) is 4. The third kappa shape index (κ3) is 2.99. The lowest BCUT2D eigenvalue weighted by atomic mass is 9.70. The first-order valence-corrected chi connectivity index (χ1v) is 13.2. The Balaban J connectivity index is 1.65. The highest BCUT2D eigenvalue weighted by Gasteiger charge is 2.70. The molecule has 0 saturated carbocycles. The fourth-order valence-corrected chi connectivity index (χ4v) is 8.07. The van der Waals surface area contributed by atoms with E-state index in [4.69, 9.17) is 34.8 Å². The summed E-state index contributed by atoms with van der Waals surface area (Å²) >= 11 is 21.1. The second-order valence-electron chi connectivity index (χ2n) is 8.99. The maximum atomic E-state index is 14.4. The van der Waals surface area contributed by atoms with Crippen molar-refractivity contribution in [3.05, 3.63) is 86.6 Å². The quantitative estimate of drug-likeness (QED) is 0.433. The lowest BCUT2D eigenvalue weighted by Crippen LogP contribution is -2.53. The van der Waals surface area contributed by atoms with Gasteiger partial charge in [-0.2, -0.15) is 0 Å². The molecule has 4 heterocycles. The number of hydrogen-bond donors (Lipinski definition) is 1. The lowest BCUT2D eigenvalue weighted by molar-refractivity contribution is -0.127. The summed E-state index contributed by atoms with van der Waals surface area (Å²) in [5.41, 5.74) is 1.63. The van der Waals surface area contributed by atoms with Gasteiger partial charge in [0, 0.05) is 63.2 Å². The fourth-order valence-electron chi connectivity index (χ4n) is 6.04. The molecule has 1 N–H and O–H groups in total. The molecule has 2 fully saturated rings. The van der Waals surface area contributed by atoms with Gasteiger partial charge in [0.1, 0.15) is 5.54 Å². The molecule has 6 rings (SSSR count). The summed E-state index contributed by atoms with van der Waals surface area (Å²) in [5.74, 6) is 0.111. The Morgan fingerprint density at radius 3 is 2.62 bits per heavy atom. The van der Waals surface area contributed by atoms with E-state index in [0.717, 1.165) is 16.9 Å². The molecular weight excluding hydrogens is 513 g/mol. The van der Waals surface area contributed by atoms with Crippen molar-refractivity contribution in [2.24, 2.45) is 13.0 Å². The number of Topliss-reactive ketones (excluding diaryl/α,β-unsaturated/α-hetero) is 1. The molecule has 0 aliphatic carbocycles. The number of thioether (sulfide) groups is 1. The van der Waals surface area contributed by atoms with Crippen molar-refractivity contribution in [2.75, 3.05) is 16.9 Å². The normalized spacial score (nSPS) is 27.8. The second kappa shape index (κ2) is 8.04. The predicted molar refractivity (Wildman–Crippen MR) is 137 cm³/mol. The van der Waals surface area contributed by atoms with Crippen LogP contribution in [-0.2, 0) is 17.4 Å². The Labute approximate surface area is 216 Å². The molecule has 9 heteroatoms. The van der Waals surface area contributed by atoms with Gasteiger partial charge in [0.2, 0.25) is 5.91 Å². The van der Waals surface area contributed by atoms with E-state index in [0.29, 0.717) is 32.3 Å². The standard InChI is InChI=1S/C25H20Cl3N3O2S/c1-30-8-2-3-19(30)23(32)22-21(15-6-4-14(27)10-17(15)28)20-11-34-12-31(20)25(22)16-9-13(26)5-7-18(16)29-24(25)33/h2-10,20-22H,11-12H2,1H3,(H,29,33). The molecule has 34 heavy (non-hydrogen) atoms. The number of nitrogens with one attached hydrogen (secondary N) is 1. The number of benzene rings is 2. The average Bonchev–Trinajstić information content (AvgIpc) is 3.54. The highest BCUT2D eigenvalue weighted by atomic mass is 35.5. The van der Waals surface area contributed by atoms with Crippen LogP contribution in [0.1, 0.15) is 27.5 Å². The first kappa shape index (κ1) is 22.5. The molecule has 0 radical (unpaired) electrons. The monoisotopic (exact) mass is 531 g/mol. The highest BCUT2D eigenvalue weighted by Crippen LogP contribution is 2.62. The molecule has 2 saturated heterocycles. The number of carbonyl (C=O) groups is 2. The van der Waals surface area contributed by atoms with Gasteiger partial charge in [-0.3, -0.25) is 14.5 Å². The summed E-state index contributed by atoms with van der Waals surface area (Å²) in [6.07, 6.45) is 1.84. The Bertz CT molecular complexity index is 1360. The topological polar surface area (TPSA) is 54.3 Å². The zero-order valence-corrected chi connectivity index (χ0v) is 21.2. The molecule has 2 aromatic carbocycles. The molecule has 0 bridgehead atoms. The zero-order valence-electron chi connectivity index (χ0n) is 18.1. The Morgan fingerprint density at radius 1 is 1.12 bits per heavy atom. The number of nitrogens with zero attached hydrogens (tertiary/aromatic N) is 2. The summed E-state index contributed by atoms with van der Waals surface area (Å²) in [4.78, 5) is 30.6. The van der Waals surface area contributed by atoms with Crippen LogP contribution in [0.5, 0.6) is 0 Å². The number of carbonyl (C=O) groups excluding carboxylic acids is 2. The number of fused-ring (bicyclic) bond motifs is 4. The first-order valence-electron chi connectivity index (χ1n) is 10.9. The van der Waals surface area contributed by atoms with E-state index in [2.05, 4.69) is 10.2 Å². The molecule has 3 aliphatic heterocycles. The largest absolute Gasteiger partial charge is 0.348 e. The average molecular weight is 533 g/mol. The molecule has 5 nitrogen and oxygen atoms in total. The van der Waals surface area contributed by atoms with E-state index in [9.17, 15) is 9.59 Å². The minimum absolute atomic E-state index is 0.0615. The maximum absolute atomic E-state index is 14.4. The van der Waals surface area contributed by atoms with Crippen LogP contribution in [0.25, 0.3) is 0 Å². The van der Waals surface area contributed by atoms with Crippen LogP contribution in [0.2, 0.25) is 15.1 Å². The maximum Gasteiger partial charge on any atom is 0.250 e. The second-order valence-corrected chi connectivity index (χ2v) is 11.3. The van der Waals surface area contributed by atoms with E-state index in [1.165, 1.54) is 0 Å². The van der Waals surface area contributed by atoms with Crippen molar-refractivity contribution in [3.63, 3.8) is 0 Å². The first-order chi connectivity index (χ1) is 16.3. The molecular formula is C25H20Cl3N3O2S. The number of aryl methyl sites for hydroxylation is 1. The number of amides is 1. The van der Waals surface area contributed by atoms with E-state index >= 15 is 0 Å².